The normalized spacial score (nSPS) is 19.9. The van der Waals surface area contributed by atoms with E-state index in [-0.39, 0.29) is 0 Å². The SMILES string of the molecule is Nc1ccc2c(c1)SN=CN2C1CCC1. The van der Waals surface area contributed by atoms with Gasteiger partial charge in [-0.15, -0.1) is 0 Å². The molecule has 0 radical (unpaired) electrons. The van der Waals surface area contributed by atoms with Gasteiger partial charge >= 0.3 is 0 Å². The van der Waals surface area contributed by atoms with Gasteiger partial charge in [-0.25, -0.2) is 4.40 Å². The van der Waals surface area contributed by atoms with Crippen molar-refractivity contribution in [2.24, 2.45) is 4.40 Å². The molecule has 1 aliphatic heterocycles. The van der Waals surface area contributed by atoms with Gasteiger partial charge < -0.3 is 10.6 Å². The number of anilines is 2. The van der Waals surface area contributed by atoms with Crippen LogP contribution in [0.1, 0.15) is 19.3 Å². The molecule has 2 aliphatic rings. The summed E-state index contributed by atoms with van der Waals surface area (Å²) >= 11 is 1.51. The molecule has 1 saturated carbocycles. The van der Waals surface area contributed by atoms with Gasteiger partial charge in [0.25, 0.3) is 0 Å². The van der Waals surface area contributed by atoms with Gasteiger partial charge in [0, 0.05) is 23.7 Å². The average Bonchev–Trinajstić information content (AvgIpc) is 2.15. The third-order valence-corrected chi connectivity index (χ3v) is 3.78. The molecule has 0 spiro atoms. The first-order valence-electron chi connectivity index (χ1n) is 5.23. The van der Waals surface area contributed by atoms with Gasteiger partial charge in [-0.2, -0.15) is 0 Å². The van der Waals surface area contributed by atoms with Gasteiger partial charge in [0.15, 0.2) is 0 Å². The van der Waals surface area contributed by atoms with E-state index >= 15 is 0 Å². The van der Waals surface area contributed by atoms with Crippen LogP contribution >= 0.6 is 11.9 Å². The maximum atomic E-state index is 5.77. The van der Waals surface area contributed by atoms with E-state index in [2.05, 4.69) is 15.4 Å². The van der Waals surface area contributed by atoms with Crippen LogP contribution in [0.3, 0.4) is 0 Å². The van der Waals surface area contributed by atoms with Crippen LogP contribution in [0.15, 0.2) is 27.5 Å². The lowest BCUT2D eigenvalue weighted by Crippen LogP contribution is -2.40. The highest BCUT2D eigenvalue weighted by atomic mass is 32.2. The Balaban J connectivity index is 1.98. The first-order chi connectivity index (χ1) is 7.34. The van der Waals surface area contributed by atoms with Crippen molar-refractivity contribution in [2.75, 3.05) is 10.6 Å². The van der Waals surface area contributed by atoms with E-state index in [1.54, 1.807) is 0 Å². The van der Waals surface area contributed by atoms with E-state index in [0.717, 1.165) is 5.69 Å². The van der Waals surface area contributed by atoms with Crippen LogP contribution in [0.5, 0.6) is 0 Å². The zero-order valence-electron chi connectivity index (χ0n) is 8.39. The third-order valence-electron chi connectivity index (χ3n) is 3.05. The van der Waals surface area contributed by atoms with E-state index in [1.165, 1.54) is 41.8 Å². The van der Waals surface area contributed by atoms with Crippen LogP contribution in [-0.2, 0) is 0 Å². The van der Waals surface area contributed by atoms with Gasteiger partial charge in [0.2, 0.25) is 0 Å². The first kappa shape index (κ1) is 9.09. The highest BCUT2D eigenvalue weighted by Gasteiger charge is 2.27. The van der Waals surface area contributed by atoms with E-state index in [1.807, 2.05) is 18.5 Å². The number of hydrogen-bond acceptors (Lipinski definition) is 4. The van der Waals surface area contributed by atoms with Crippen molar-refractivity contribution in [1.82, 2.24) is 0 Å². The molecule has 1 aliphatic carbocycles. The Morgan fingerprint density at radius 2 is 2.27 bits per heavy atom. The second kappa shape index (κ2) is 3.45. The highest BCUT2D eigenvalue weighted by Crippen LogP contribution is 2.39. The van der Waals surface area contributed by atoms with Crippen LogP contribution in [0, 0.1) is 0 Å². The van der Waals surface area contributed by atoms with Gasteiger partial charge in [-0.3, -0.25) is 0 Å². The molecule has 0 bridgehead atoms. The molecule has 0 aromatic heterocycles. The number of rotatable bonds is 1. The van der Waals surface area contributed by atoms with Gasteiger partial charge in [-0.1, -0.05) is 0 Å². The number of nitrogens with two attached hydrogens (primary N) is 1. The van der Waals surface area contributed by atoms with Gasteiger partial charge in [-0.05, 0) is 37.5 Å². The molecule has 0 saturated heterocycles. The minimum absolute atomic E-state index is 0.650. The van der Waals surface area contributed by atoms with Crippen molar-refractivity contribution >= 4 is 29.7 Å². The average molecular weight is 219 g/mol. The molecule has 2 N–H and O–H groups in total. The predicted molar refractivity (Wildman–Crippen MR) is 65.3 cm³/mol. The smallest absolute Gasteiger partial charge is 0.104 e. The maximum Gasteiger partial charge on any atom is 0.104 e. The minimum Gasteiger partial charge on any atom is -0.399 e. The van der Waals surface area contributed by atoms with E-state index in [9.17, 15) is 0 Å². The zero-order chi connectivity index (χ0) is 10.3. The molecule has 0 unspecified atom stereocenters. The third kappa shape index (κ3) is 1.49. The molecule has 1 aromatic rings. The molecule has 78 valence electrons. The summed E-state index contributed by atoms with van der Waals surface area (Å²) in [4.78, 5) is 3.46. The van der Waals surface area contributed by atoms with Crippen LogP contribution in [0.4, 0.5) is 11.4 Å². The fraction of sp³-hybridized carbons (Fsp3) is 0.364. The summed E-state index contributed by atoms with van der Waals surface area (Å²) in [7, 11) is 0. The van der Waals surface area contributed by atoms with Crippen molar-refractivity contribution in [3.05, 3.63) is 18.2 Å². The van der Waals surface area contributed by atoms with Crippen molar-refractivity contribution in [2.45, 2.75) is 30.2 Å². The molecule has 1 fully saturated rings. The van der Waals surface area contributed by atoms with Gasteiger partial charge in [0.05, 0.1) is 10.6 Å². The van der Waals surface area contributed by atoms with E-state index in [4.69, 9.17) is 5.73 Å². The van der Waals surface area contributed by atoms with E-state index in [0.29, 0.717) is 6.04 Å². The summed E-state index contributed by atoms with van der Waals surface area (Å²) in [6.45, 7) is 0. The molecule has 1 aromatic carbocycles. The molecule has 4 heteroatoms. The van der Waals surface area contributed by atoms with Crippen LogP contribution < -0.4 is 10.6 Å². The summed E-state index contributed by atoms with van der Waals surface area (Å²) in [6, 6.07) is 6.71. The molecule has 0 atom stereocenters. The van der Waals surface area contributed by atoms with Crippen LogP contribution in [0.25, 0.3) is 0 Å². The molecular weight excluding hydrogens is 206 g/mol. The number of nitrogens with zero attached hydrogens (tertiary/aromatic N) is 2. The Morgan fingerprint density at radius 1 is 1.40 bits per heavy atom. The Kier molecular flexibility index (Phi) is 2.09. The number of fused-ring (bicyclic) bond motifs is 1. The quantitative estimate of drug-likeness (QED) is 0.583. The molecular formula is C11H13N3S. The lowest BCUT2D eigenvalue weighted by Gasteiger charge is -2.38. The second-order valence-corrected chi connectivity index (χ2v) is 4.86. The predicted octanol–water partition coefficient (Wildman–Crippen LogP) is 2.68. The topological polar surface area (TPSA) is 41.6 Å². The van der Waals surface area contributed by atoms with E-state index < -0.39 is 0 Å². The maximum absolute atomic E-state index is 5.77. The highest BCUT2D eigenvalue weighted by molar-refractivity contribution is 7.98. The number of hydrogen-bond donors (Lipinski definition) is 1. The summed E-state index contributed by atoms with van der Waals surface area (Å²) in [5.41, 5.74) is 7.84. The number of nitrogen functional groups attached to an aromatic ring is 1. The summed E-state index contributed by atoms with van der Waals surface area (Å²) < 4.78 is 4.31. The monoisotopic (exact) mass is 219 g/mol. The first-order valence-corrected chi connectivity index (χ1v) is 6.00. The number of benzene rings is 1. The lowest BCUT2D eigenvalue weighted by molar-refractivity contribution is 0.417. The summed E-state index contributed by atoms with van der Waals surface area (Å²) in [5, 5.41) is 0. The molecule has 15 heavy (non-hydrogen) atoms. The van der Waals surface area contributed by atoms with Crippen molar-refractivity contribution in [3.63, 3.8) is 0 Å². The van der Waals surface area contributed by atoms with Crippen LogP contribution in [-0.4, -0.2) is 12.4 Å². The minimum atomic E-state index is 0.650. The molecule has 1 heterocycles. The van der Waals surface area contributed by atoms with Gasteiger partial charge in [0.1, 0.15) is 6.34 Å². The Morgan fingerprint density at radius 3 is 3.00 bits per heavy atom. The second-order valence-electron chi connectivity index (χ2n) is 4.03. The van der Waals surface area contributed by atoms with Crippen LogP contribution in [0.2, 0.25) is 0 Å². The Bertz CT molecular complexity index is 412. The summed E-state index contributed by atoms with van der Waals surface area (Å²) in [5.74, 6) is 0. The molecule has 3 nitrogen and oxygen atoms in total. The fourth-order valence-electron chi connectivity index (χ4n) is 1.97. The molecule has 3 rings (SSSR count). The van der Waals surface area contributed by atoms with Crippen molar-refractivity contribution in [3.8, 4) is 0 Å². The fourth-order valence-corrected chi connectivity index (χ4v) is 2.68. The van der Waals surface area contributed by atoms with Crippen molar-refractivity contribution < 1.29 is 0 Å². The molecule has 0 amide bonds. The standard InChI is InChI=1S/C11H13N3S/c12-8-4-5-10-11(6-8)15-13-7-14(10)9-2-1-3-9/h4-7,9H,1-3,12H2. The Hall–Kier alpha value is -1.16. The summed E-state index contributed by atoms with van der Waals surface area (Å²) in [6.07, 6.45) is 5.85. The lowest BCUT2D eigenvalue weighted by atomic mass is 9.91. The van der Waals surface area contributed by atoms with Crippen molar-refractivity contribution in [1.29, 1.82) is 0 Å². The largest absolute Gasteiger partial charge is 0.399 e. The Labute approximate surface area is 93.5 Å². The zero-order valence-corrected chi connectivity index (χ0v) is 9.20.